The Kier molecular flexibility index (Phi) is 3.89. The Labute approximate surface area is 103 Å². The van der Waals surface area contributed by atoms with E-state index < -0.39 is 0 Å². The molecule has 1 saturated heterocycles. The number of ether oxygens (including phenoxy) is 1. The van der Waals surface area contributed by atoms with E-state index in [4.69, 9.17) is 4.74 Å². The van der Waals surface area contributed by atoms with E-state index in [0.29, 0.717) is 11.7 Å². The molecule has 94 valence electrons. The number of aryl methyl sites for hydroxylation is 1. The van der Waals surface area contributed by atoms with Crippen molar-refractivity contribution >= 4 is 0 Å². The van der Waals surface area contributed by atoms with Crippen LogP contribution in [0.2, 0.25) is 0 Å². The Morgan fingerprint density at radius 3 is 2.71 bits per heavy atom. The summed E-state index contributed by atoms with van der Waals surface area (Å²) in [4.78, 5) is 0. The van der Waals surface area contributed by atoms with Gasteiger partial charge in [0.2, 0.25) is 0 Å². The van der Waals surface area contributed by atoms with E-state index in [1.165, 1.54) is 12.8 Å². The van der Waals surface area contributed by atoms with Crippen molar-refractivity contribution in [2.45, 2.75) is 26.2 Å². The first-order chi connectivity index (χ1) is 8.22. The summed E-state index contributed by atoms with van der Waals surface area (Å²) in [5, 5.41) is 13.5. The van der Waals surface area contributed by atoms with Crippen molar-refractivity contribution in [3.8, 4) is 11.5 Å². The van der Waals surface area contributed by atoms with Crippen LogP contribution in [0.4, 0.5) is 0 Å². The second-order valence-electron chi connectivity index (χ2n) is 4.81. The molecule has 2 rings (SSSR count). The molecule has 2 N–H and O–H groups in total. The van der Waals surface area contributed by atoms with Crippen molar-refractivity contribution in [2.24, 2.45) is 5.92 Å². The Bertz CT molecular complexity index is 384. The van der Waals surface area contributed by atoms with Gasteiger partial charge in [0.05, 0.1) is 7.11 Å². The molecule has 1 aliphatic rings. The summed E-state index contributed by atoms with van der Waals surface area (Å²) in [6.45, 7) is 4.10. The number of benzene rings is 1. The van der Waals surface area contributed by atoms with E-state index in [1.54, 1.807) is 7.11 Å². The minimum Gasteiger partial charge on any atom is -0.507 e. The molecule has 0 atom stereocenters. The van der Waals surface area contributed by atoms with E-state index in [0.717, 1.165) is 36.4 Å². The zero-order chi connectivity index (χ0) is 12.3. The minimum atomic E-state index is 0.405. The topological polar surface area (TPSA) is 41.5 Å². The van der Waals surface area contributed by atoms with Gasteiger partial charge < -0.3 is 15.2 Å². The van der Waals surface area contributed by atoms with Crippen LogP contribution in [0.1, 0.15) is 24.0 Å². The predicted molar refractivity (Wildman–Crippen MR) is 68.7 cm³/mol. The molecule has 1 fully saturated rings. The van der Waals surface area contributed by atoms with Crippen LogP contribution in [-0.2, 0) is 6.42 Å². The number of phenolic OH excluding ortho intramolecular Hbond substituents is 1. The highest BCUT2D eigenvalue weighted by atomic mass is 16.5. The number of aromatic hydroxyl groups is 1. The lowest BCUT2D eigenvalue weighted by molar-refractivity contribution is 0.352. The highest BCUT2D eigenvalue weighted by molar-refractivity contribution is 5.49. The van der Waals surface area contributed by atoms with Gasteiger partial charge in [0.15, 0.2) is 0 Å². The molecule has 1 heterocycles. The molecule has 17 heavy (non-hydrogen) atoms. The number of nitrogens with one attached hydrogen (secondary N) is 1. The number of methoxy groups -OCH3 is 1. The number of piperidine rings is 1. The van der Waals surface area contributed by atoms with Crippen LogP contribution in [-0.4, -0.2) is 25.3 Å². The molecule has 0 saturated carbocycles. The number of hydrogen-bond donors (Lipinski definition) is 2. The molecule has 1 aliphatic heterocycles. The molecular weight excluding hydrogens is 214 g/mol. The molecule has 0 spiro atoms. The van der Waals surface area contributed by atoms with Gasteiger partial charge >= 0.3 is 0 Å². The van der Waals surface area contributed by atoms with Crippen LogP contribution >= 0.6 is 0 Å². The minimum absolute atomic E-state index is 0.405. The van der Waals surface area contributed by atoms with Gasteiger partial charge in [-0.15, -0.1) is 0 Å². The first-order valence-electron chi connectivity index (χ1n) is 6.28. The summed E-state index contributed by atoms with van der Waals surface area (Å²) in [6, 6.07) is 3.85. The zero-order valence-corrected chi connectivity index (χ0v) is 10.6. The maximum atomic E-state index is 10.1. The Hall–Kier alpha value is -1.22. The summed E-state index contributed by atoms with van der Waals surface area (Å²) in [5.41, 5.74) is 1.90. The molecule has 0 aliphatic carbocycles. The van der Waals surface area contributed by atoms with Crippen molar-refractivity contribution in [3.05, 3.63) is 23.3 Å². The van der Waals surface area contributed by atoms with Gasteiger partial charge in [-0.2, -0.15) is 0 Å². The molecular formula is C14H21NO2. The third kappa shape index (κ3) is 2.72. The Morgan fingerprint density at radius 2 is 2.06 bits per heavy atom. The van der Waals surface area contributed by atoms with Gasteiger partial charge in [-0.05, 0) is 56.8 Å². The zero-order valence-electron chi connectivity index (χ0n) is 10.6. The Balaban J connectivity index is 2.20. The Morgan fingerprint density at radius 1 is 1.35 bits per heavy atom. The first kappa shape index (κ1) is 12.2. The van der Waals surface area contributed by atoms with Gasteiger partial charge in [-0.25, -0.2) is 0 Å². The summed E-state index contributed by atoms with van der Waals surface area (Å²) in [5.74, 6) is 1.87. The predicted octanol–water partition coefficient (Wildman–Crippen LogP) is 2.25. The fourth-order valence-corrected chi connectivity index (χ4v) is 2.50. The molecule has 1 aromatic carbocycles. The lowest BCUT2D eigenvalue weighted by atomic mass is 9.89. The third-order valence-electron chi connectivity index (χ3n) is 3.61. The van der Waals surface area contributed by atoms with Crippen LogP contribution < -0.4 is 10.1 Å². The van der Waals surface area contributed by atoms with Crippen LogP contribution in [0.5, 0.6) is 11.5 Å². The standard InChI is InChI=1S/C14H21NO2/c1-10-3-4-13(17-2)12(14(10)16)9-11-5-7-15-8-6-11/h3-4,11,15-16H,5-9H2,1-2H3. The van der Waals surface area contributed by atoms with Crippen LogP contribution in [0.25, 0.3) is 0 Å². The molecule has 3 heteroatoms. The molecule has 0 amide bonds. The van der Waals surface area contributed by atoms with Crippen LogP contribution in [0.3, 0.4) is 0 Å². The quantitative estimate of drug-likeness (QED) is 0.844. The lowest BCUT2D eigenvalue weighted by Gasteiger charge is -2.24. The van der Waals surface area contributed by atoms with E-state index in [9.17, 15) is 5.11 Å². The number of hydrogen-bond acceptors (Lipinski definition) is 3. The molecule has 0 radical (unpaired) electrons. The van der Waals surface area contributed by atoms with E-state index in [-0.39, 0.29) is 0 Å². The largest absolute Gasteiger partial charge is 0.507 e. The number of rotatable bonds is 3. The van der Waals surface area contributed by atoms with Crippen LogP contribution in [0.15, 0.2) is 12.1 Å². The van der Waals surface area contributed by atoms with E-state index in [1.807, 2.05) is 19.1 Å². The van der Waals surface area contributed by atoms with Gasteiger partial charge in [0.1, 0.15) is 11.5 Å². The summed E-state index contributed by atoms with van der Waals surface area (Å²) < 4.78 is 5.35. The normalized spacial score (nSPS) is 17.1. The SMILES string of the molecule is COc1ccc(C)c(O)c1CC1CCNCC1. The van der Waals surface area contributed by atoms with E-state index >= 15 is 0 Å². The second kappa shape index (κ2) is 5.41. The van der Waals surface area contributed by atoms with Gasteiger partial charge in [-0.1, -0.05) is 6.07 Å². The molecule has 0 unspecified atom stereocenters. The summed E-state index contributed by atoms with van der Waals surface area (Å²) in [6.07, 6.45) is 3.27. The third-order valence-corrected chi connectivity index (χ3v) is 3.61. The first-order valence-corrected chi connectivity index (χ1v) is 6.28. The average Bonchev–Trinajstić information content (AvgIpc) is 2.37. The van der Waals surface area contributed by atoms with E-state index in [2.05, 4.69) is 5.32 Å². The molecule has 0 aromatic heterocycles. The van der Waals surface area contributed by atoms with Crippen molar-refractivity contribution in [3.63, 3.8) is 0 Å². The van der Waals surface area contributed by atoms with Gasteiger partial charge in [-0.3, -0.25) is 0 Å². The molecule has 0 bridgehead atoms. The fraction of sp³-hybridized carbons (Fsp3) is 0.571. The monoisotopic (exact) mass is 235 g/mol. The van der Waals surface area contributed by atoms with Crippen LogP contribution in [0, 0.1) is 12.8 Å². The van der Waals surface area contributed by atoms with Crippen molar-refractivity contribution < 1.29 is 9.84 Å². The maximum absolute atomic E-state index is 10.1. The fourth-order valence-electron chi connectivity index (χ4n) is 2.50. The lowest BCUT2D eigenvalue weighted by Crippen LogP contribution is -2.28. The van der Waals surface area contributed by atoms with Gasteiger partial charge in [0.25, 0.3) is 0 Å². The van der Waals surface area contributed by atoms with Crippen molar-refractivity contribution in [1.82, 2.24) is 5.32 Å². The summed E-state index contributed by atoms with van der Waals surface area (Å²) >= 11 is 0. The highest BCUT2D eigenvalue weighted by Gasteiger charge is 2.19. The average molecular weight is 235 g/mol. The number of phenols is 1. The molecule has 1 aromatic rings. The van der Waals surface area contributed by atoms with Gasteiger partial charge in [0, 0.05) is 5.56 Å². The summed E-state index contributed by atoms with van der Waals surface area (Å²) in [7, 11) is 1.66. The smallest absolute Gasteiger partial charge is 0.125 e. The maximum Gasteiger partial charge on any atom is 0.125 e. The second-order valence-corrected chi connectivity index (χ2v) is 4.81. The van der Waals surface area contributed by atoms with Crippen molar-refractivity contribution in [1.29, 1.82) is 0 Å². The molecule has 3 nitrogen and oxygen atoms in total. The highest BCUT2D eigenvalue weighted by Crippen LogP contribution is 2.34. The van der Waals surface area contributed by atoms with Crippen molar-refractivity contribution in [2.75, 3.05) is 20.2 Å².